The number of nitrogens with zero attached hydrogens (tertiary/aromatic N) is 4. The Labute approximate surface area is 112 Å². The molecule has 106 valence electrons. The lowest BCUT2D eigenvalue weighted by atomic mass is 10.1. The standard InChI is InChI=1S/C12H21N5O2/c1-12(2,3)19-11(18)16-6-4-9(5-7-16)17-8-10(13)14-15-17/h8-9H,4-7,13H2,1-3H3. The number of aromatic nitrogens is 3. The van der Waals surface area contributed by atoms with Crippen LogP contribution < -0.4 is 5.73 Å². The molecule has 0 bridgehead atoms. The quantitative estimate of drug-likeness (QED) is 0.831. The highest BCUT2D eigenvalue weighted by Crippen LogP contribution is 2.23. The van der Waals surface area contributed by atoms with Crippen molar-refractivity contribution in [2.45, 2.75) is 45.3 Å². The van der Waals surface area contributed by atoms with E-state index < -0.39 is 5.60 Å². The van der Waals surface area contributed by atoms with E-state index in [1.54, 1.807) is 15.8 Å². The van der Waals surface area contributed by atoms with Crippen molar-refractivity contribution >= 4 is 11.9 Å². The zero-order chi connectivity index (χ0) is 14.0. The second-order valence-electron chi connectivity index (χ2n) is 5.82. The van der Waals surface area contributed by atoms with E-state index in [2.05, 4.69) is 10.3 Å². The molecule has 1 aromatic heterocycles. The summed E-state index contributed by atoms with van der Waals surface area (Å²) < 4.78 is 7.13. The first-order chi connectivity index (χ1) is 8.85. The Morgan fingerprint density at radius 1 is 1.42 bits per heavy atom. The van der Waals surface area contributed by atoms with E-state index >= 15 is 0 Å². The number of likely N-dealkylation sites (tertiary alicyclic amines) is 1. The maximum Gasteiger partial charge on any atom is 0.410 e. The van der Waals surface area contributed by atoms with E-state index in [-0.39, 0.29) is 12.1 Å². The van der Waals surface area contributed by atoms with Gasteiger partial charge in [0.25, 0.3) is 0 Å². The number of carbonyl (C=O) groups is 1. The third-order valence-corrected chi connectivity index (χ3v) is 3.02. The molecule has 0 atom stereocenters. The van der Waals surface area contributed by atoms with Crippen molar-refractivity contribution in [3.63, 3.8) is 0 Å². The van der Waals surface area contributed by atoms with E-state index in [4.69, 9.17) is 10.5 Å². The number of piperidine rings is 1. The summed E-state index contributed by atoms with van der Waals surface area (Å²) in [5.74, 6) is 0.426. The van der Waals surface area contributed by atoms with Gasteiger partial charge in [-0.3, -0.25) is 0 Å². The van der Waals surface area contributed by atoms with E-state index in [1.165, 1.54) is 0 Å². The molecule has 2 rings (SSSR count). The highest BCUT2D eigenvalue weighted by Gasteiger charge is 2.27. The number of nitrogens with two attached hydrogens (primary N) is 1. The summed E-state index contributed by atoms with van der Waals surface area (Å²) >= 11 is 0. The highest BCUT2D eigenvalue weighted by molar-refractivity contribution is 5.68. The molecule has 2 heterocycles. The molecule has 0 saturated carbocycles. The molecule has 0 aliphatic carbocycles. The number of ether oxygens (including phenoxy) is 1. The minimum absolute atomic E-state index is 0.246. The molecule has 2 N–H and O–H groups in total. The Morgan fingerprint density at radius 2 is 2.05 bits per heavy atom. The lowest BCUT2D eigenvalue weighted by molar-refractivity contribution is 0.0184. The molecule has 1 amide bonds. The van der Waals surface area contributed by atoms with Gasteiger partial charge in [0.1, 0.15) is 5.60 Å². The minimum Gasteiger partial charge on any atom is -0.444 e. The van der Waals surface area contributed by atoms with E-state index in [1.807, 2.05) is 20.8 Å². The predicted octanol–water partition coefficient (Wildman–Crippen LogP) is 1.43. The molecule has 1 aliphatic rings. The van der Waals surface area contributed by atoms with Crippen molar-refractivity contribution in [3.05, 3.63) is 6.20 Å². The van der Waals surface area contributed by atoms with Gasteiger partial charge in [-0.25, -0.2) is 9.48 Å². The molecular weight excluding hydrogens is 246 g/mol. The monoisotopic (exact) mass is 267 g/mol. The summed E-state index contributed by atoms with van der Waals surface area (Å²) in [5.41, 5.74) is 5.10. The van der Waals surface area contributed by atoms with E-state index in [0.29, 0.717) is 18.9 Å². The van der Waals surface area contributed by atoms with Gasteiger partial charge in [-0.2, -0.15) is 0 Å². The van der Waals surface area contributed by atoms with Crippen molar-refractivity contribution in [3.8, 4) is 0 Å². The van der Waals surface area contributed by atoms with Crippen LogP contribution >= 0.6 is 0 Å². The number of rotatable bonds is 1. The van der Waals surface area contributed by atoms with Gasteiger partial charge >= 0.3 is 6.09 Å². The summed E-state index contributed by atoms with van der Waals surface area (Å²) in [6, 6.07) is 0.253. The molecular formula is C12H21N5O2. The first-order valence-electron chi connectivity index (χ1n) is 6.50. The Hall–Kier alpha value is -1.79. The minimum atomic E-state index is -0.450. The third-order valence-electron chi connectivity index (χ3n) is 3.02. The van der Waals surface area contributed by atoms with Gasteiger partial charge in [0, 0.05) is 13.1 Å². The van der Waals surface area contributed by atoms with Crippen molar-refractivity contribution < 1.29 is 9.53 Å². The first-order valence-corrected chi connectivity index (χ1v) is 6.50. The summed E-state index contributed by atoms with van der Waals surface area (Å²) in [5, 5.41) is 7.76. The number of amides is 1. The fourth-order valence-corrected chi connectivity index (χ4v) is 2.11. The zero-order valence-electron chi connectivity index (χ0n) is 11.7. The Bertz CT molecular complexity index is 443. The maximum absolute atomic E-state index is 11.9. The summed E-state index contributed by atoms with van der Waals surface area (Å²) in [6.07, 6.45) is 3.15. The molecule has 1 aromatic rings. The molecule has 7 nitrogen and oxygen atoms in total. The smallest absolute Gasteiger partial charge is 0.410 e. The van der Waals surface area contributed by atoms with Crippen LogP contribution in [0.25, 0.3) is 0 Å². The fraction of sp³-hybridized carbons (Fsp3) is 0.750. The van der Waals surface area contributed by atoms with Crippen molar-refractivity contribution in [1.82, 2.24) is 19.9 Å². The van der Waals surface area contributed by atoms with Crippen LogP contribution in [-0.4, -0.2) is 44.7 Å². The van der Waals surface area contributed by atoms with Crippen LogP contribution in [0.15, 0.2) is 6.20 Å². The average molecular weight is 267 g/mol. The summed E-state index contributed by atoms with van der Waals surface area (Å²) in [4.78, 5) is 13.6. The number of nitrogen functional groups attached to an aromatic ring is 1. The van der Waals surface area contributed by atoms with E-state index in [0.717, 1.165) is 12.8 Å². The number of hydrogen-bond donors (Lipinski definition) is 1. The van der Waals surface area contributed by atoms with Gasteiger partial charge in [-0.05, 0) is 33.6 Å². The maximum atomic E-state index is 11.9. The lowest BCUT2D eigenvalue weighted by Crippen LogP contribution is -2.42. The molecule has 19 heavy (non-hydrogen) atoms. The van der Waals surface area contributed by atoms with Gasteiger partial charge in [-0.1, -0.05) is 5.21 Å². The Kier molecular flexibility index (Phi) is 3.64. The number of carbonyl (C=O) groups excluding carboxylic acids is 1. The van der Waals surface area contributed by atoms with Crippen LogP contribution in [0.1, 0.15) is 39.7 Å². The first kappa shape index (κ1) is 13.6. The van der Waals surface area contributed by atoms with Crippen LogP contribution in [0.2, 0.25) is 0 Å². The van der Waals surface area contributed by atoms with Gasteiger partial charge in [0.2, 0.25) is 0 Å². The zero-order valence-corrected chi connectivity index (χ0v) is 11.7. The second kappa shape index (κ2) is 5.07. The van der Waals surface area contributed by atoms with Crippen molar-refractivity contribution in [1.29, 1.82) is 0 Å². The second-order valence-corrected chi connectivity index (χ2v) is 5.82. The average Bonchev–Trinajstić information content (AvgIpc) is 2.74. The molecule has 0 unspecified atom stereocenters. The molecule has 0 radical (unpaired) electrons. The summed E-state index contributed by atoms with van der Waals surface area (Å²) in [6.45, 7) is 6.94. The van der Waals surface area contributed by atoms with Crippen LogP contribution in [0.4, 0.5) is 10.6 Å². The topological polar surface area (TPSA) is 86.3 Å². The summed E-state index contributed by atoms with van der Waals surface area (Å²) in [7, 11) is 0. The SMILES string of the molecule is CC(C)(C)OC(=O)N1CCC(n2cc(N)nn2)CC1. The highest BCUT2D eigenvalue weighted by atomic mass is 16.6. The largest absolute Gasteiger partial charge is 0.444 e. The van der Waals surface area contributed by atoms with E-state index in [9.17, 15) is 4.79 Å². The third kappa shape index (κ3) is 3.59. The molecule has 0 aromatic carbocycles. The van der Waals surface area contributed by atoms with Crippen LogP contribution in [0.5, 0.6) is 0 Å². The Morgan fingerprint density at radius 3 is 2.53 bits per heavy atom. The molecule has 1 aliphatic heterocycles. The van der Waals surface area contributed by atoms with Gasteiger partial charge in [0.15, 0.2) is 5.82 Å². The normalized spacial score (nSPS) is 17.5. The Balaban J connectivity index is 1.87. The van der Waals surface area contributed by atoms with Crippen LogP contribution in [0, 0.1) is 0 Å². The number of hydrogen-bond acceptors (Lipinski definition) is 5. The van der Waals surface area contributed by atoms with Crippen molar-refractivity contribution in [2.75, 3.05) is 18.8 Å². The molecule has 1 fully saturated rings. The lowest BCUT2D eigenvalue weighted by Gasteiger charge is -2.33. The van der Waals surface area contributed by atoms with Crippen molar-refractivity contribution in [2.24, 2.45) is 0 Å². The molecule has 1 saturated heterocycles. The van der Waals surface area contributed by atoms with Crippen LogP contribution in [-0.2, 0) is 4.74 Å². The fourth-order valence-electron chi connectivity index (χ4n) is 2.11. The molecule has 0 spiro atoms. The van der Waals surface area contributed by atoms with Gasteiger partial charge in [-0.15, -0.1) is 5.10 Å². The van der Waals surface area contributed by atoms with Crippen LogP contribution in [0.3, 0.4) is 0 Å². The molecule has 7 heteroatoms. The predicted molar refractivity (Wildman–Crippen MR) is 70.5 cm³/mol. The van der Waals surface area contributed by atoms with Gasteiger partial charge in [0.05, 0.1) is 12.2 Å². The van der Waals surface area contributed by atoms with Gasteiger partial charge < -0.3 is 15.4 Å². The number of anilines is 1.